The lowest BCUT2D eigenvalue weighted by molar-refractivity contribution is -0.152. The van der Waals surface area contributed by atoms with Crippen molar-refractivity contribution < 1.29 is 38.2 Å². The maximum Gasteiger partial charge on any atom is 0.306 e. The van der Waals surface area contributed by atoms with E-state index in [1.165, 1.54) is 0 Å². The SMILES string of the molecule is O=C(CCC(=O)OCCOC(=O)CCC(=O)NC(=O)c1ccccc1)NC(=O)c1ccccc1. The topological polar surface area (TPSA) is 145 Å². The average Bonchev–Trinajstić information content (AvgIpc) is 2.85. The highest BCUT2D eigenvalue weighted by molar-refractivity contribution is 6.05. The number of carbonyl (C=O) groups excluding carboxylic acids is 6. The Labute approximate surface area is 195 Å². The lowest BCUT2D eigenvalue weighted by Crippen LogP contribution is -2.31. The Morgan fingerprint density at radius 1 is 0.529 bits per heavy atom. The van der Waals surface area contributed by atoms with E-state index in [9.17, 15) is 28.8 Å². The van der Waals surface area contributed by atoms with E-state index in [-0.39, 0.29) is 38.9 Å². The van der Waals surface area contributed by atoms with Crippen LogP contribution in [0, 0.1) is 0 Å². The monoisotopic (exact) mass is 468 g/mol. The standard InChI is InChI=1S/C24H24N2O8/c27-19(25-23(31)17-7-3-1-4-8-17)11-13-21(29)33-15-16-34-22(30)14-12-20(28)26-24(32)18-9-5-2-6-10-18/h1-10H,11-16H2,(H,25,27,31)(H,26,28,32). The van der Waals surface area contributed by atoms with Crippen molar-refractivity contribution in [3.8, 4) is 0 Å². The first-order valence-corrected chi connectivity index (χ1v) is 10.4. The summed E-state index contributed by atoms with van der Waals surface area (Å²) in [5.41, 5.74) is 0.640. The third-order valence-corrected chi connectivity index (χ3v) is 4.30. The number of benzene rings is 2. The molecule has 10 heteroatoms. The van der Waals surface area contributed by atoms with Crippen molar-refractivity contribution in [1.29, 1.82) is 0 Å². The molecular formula is C24H24N2O8. The van der Waals surface area contributed by atoms with Crippen molar-refractivity contribution >= 4 is 35.6 Å². The molecule has 4 amide bonds. The number of hydrogen-bond acceptors (Lipinski definition) is 8. The largest absolute Gasteiger partial charge is 0.462 e. The van der Waals surface area contributed by atoms with Crippen LogP contribution in [0.4, 0.5) is 0 Å². The van der Waals surface area contributed by atoms with Crippen molar-refractivity contribution in [1.82, 2.24) is 10.6 Å². The van der Waals surface area contributed by atoms with Gasteiger partial charge in [0.25, 0.3) is 11.8 Å². The molecule has 0 saturated heterocycles. The van der Waals surface area contributed by atoms with Crippen LogP contribution in [-0.2, 0) is 28.7 Å². The number of carbonyl (C=O) groups is 6. The molecule has 10 nitrogen and oxygen atoms in total. The highest BCUT2D eigenvalue weighted by Gasteiger charge is 2.14. The summed E-state index contributed by atoms with van der Waals surface area (Å²) >= 11 is 0. The second-order valence-corrected chi connectivity index (χ2v) is 6.93. The third-order valence-electron chi connectivity index (χ3n) is 4.30. The highest BCUT2D eigenvalue weighted by Crippen LogP contribution is 2.01. The Morgan fingerprint density at radius 2 is 0.882 bits per heavy atom. The molecule has 0 spiro atoms. The van der Waals surface area contributed by atoms with Gasteiger partial charge in [-0.05, 0) is 24.3 Å². The van der Waals surface area contributed by atoms with Gasteiger partial charge >= 0.3 is 11.9 Å². The van der Waals surface area contributed by atoms with Gasteiger partial charge in [0.1, 0.15) is 13.2 Å². The molecule has 2 rings (SSSR count). The number of nitrogens with one attached hydrogen (secondary N) is 2. The smallest absolute Gasteiger partial charge is 0.306 e. The van der Waals surface area contributed by atoms with Crippen molar-refractivity contribution in [2.24, 2.45) is 0 Å². The number of amides is 4. The second kappa shape index (κ2) is 13.9. The van der Waals surface area contributed by atoms with E-state index in [0.717, 1.165) is 0 Å². The molecule has 0 heterocycles. The summed E-state index contributed by atoms with van der Waals surface area (Å²) in [6.07, 6.45) is -0.989. The Kier molecular flexibility index (Phi) is 10.6. The van der Waals surface area contributed by atoms with Gasteiger partial charge < -0.3 is 9.47 Å². The lowest BCUT2D eigenvalue weighted by Gasteiger charge is -2.07. The van der Waals surface area contributed by atoms with E-state index in [1.807, 2.05) is 0 Å². The van der Waals surface area contributed by atoms with Gasteiger partial charge in [-0.2, -0.15) is 0 Å². The van der Waals surface area contributed by atoms with Crippen LogP contribution in [0.5, 0.6) is 0 Å². The molecule has 0 bridgehead atoms. The van der Waals surface area contributed by atoms with Gasteiger partial charge in [0.2, 0.25) is 11.8 Å². The van der Waals surface area contributed by atoms with Crippen molar-refractivity contribution in [2.45, 2.75) is 25.7 Å². The van der Waals surface area contributed by atoms with E-state index in [4.69, 9.17) is 9.47 Å². The lowest BCUT2D eigenvalue weighted by atomic mass is 10.2. The number of imide groups is 2. The minimum Gasteiger partial charge on any atom is -0.462 e. The Bertz CT molecular complexity index is 938. The number of esters is 2. The minimum atomic E-state index is -0.697. The van der Waals surface area contributed by atoms with Gasteiger partial charge in [-0.15, -0.1) is 0 Å². The van der Waals surface area contributed by atoms with Crippen LogP contribution in [0.25, 0.3) is 0 Å². The number of rotatable bonds is 11. The molecule has 0 radical (unpaired) electrons. The predicted octanol–water partition coefficient (Wildman–Crippen LogP) is 1.55. The summed E-state index contributed by atoms with van der Waals surface area (Å²) in [7, 11) is 0. The van der Waals surface area contributed by atoms with E-state index in [1.54, 1.807) is 60.7 Å². The van der Waals surface area contributed by atoms with Crippen LogP contribution >= 0.6 is 0 Å². The van der Waals surface area contributed by atoms with Crippen LogP contribution < -0.4 is 10.6 Å². The van der Waals surface area contributed by atoms with Crippen molar-refractivity contribution in [3.05, 3.63) is 71.8 Å². The fourth-order valence-electron chi connectivity index (χ4n) is 2.59. The van der Waals surface area contributed by atoms with Crippen LogP contribution in [-0.4, -0.2) is 48.8 Å². The first-order valence-electron chi connectivity index (χ1n) is 10.4. The van der Waals surface area contributed by atoms with E-state index in [2.05, 4.69) is 10.6 Å². The van der Waals surface area contributed by atoms with Crippen LogP contribution in [0.15, 0.2) is 60.7 Å². The average molecular weight is 468 g/mol. The summed E-state index contributed by atoms with van der Waals surface area (Å²) in [6, 6.07) is 16.3. The molecule has 34 heavy (non-hydrogen) atoms. The van der Waals surface area contributed by atoms with Gasteiger partial charge in [-0.1, -0.05) is 36.4 Å². The maximum absolute atomic E-state index is 11.8. The van der Waals surface area contributed by atoms with Gasteiger partial charge in [0, 0.05) is 24.0 Å². The molecule has 0 saturated carbocycles. The summed E-state index contributed by atoms with van der Waals surface area (Å²) < 4.78 is 9.71. The van der Waals surface area contributed by atoms with Gasteiger partial charge in [0.05, 0.1) is 12.8 Å². The zero-order chi connectivity index (χ0) is 24.8. The summed E-state index contributed by atoms with van der Waals surface area (Å²) in [5, 5.41) is 4.34. The van der Waals surface area contributed by atoms with E-state index >= 15 is 0 Å². The zero-order valence-electron chi connectivity index (χ0n) is 18.3. The first-order chi connectivity index (χ1) is 16.3. The Hall–Kier alpha value is -4.34. The van der Waals surface area contributed by atoms with Crippen LogP contribution in [0.1, 0.15) is 46.4 Å². The fraction of sp³-hybridized carbons (Fsp3) is 0.250. The molecule has 0 aliphatic carbocycles. The van der Waals surface area contributed by atoms with Crippen molar-refractivity contribution in [3.63, 3.8) is 0 Å². The molecule has 2 N–H and O–H groups in total. The second-order valence-electron chi connectivity index (χ2n) is 6.93. The molecule has 0 atom stereocenters. The normalized spacial score (nSPS) is 10.0. The molecule has 0 aliphatic heterocycles. The summed E-state index contributed by atoms with van der Waals surface area (Å²) in [4.78, 5) is 70.6. The molecule has 2 aromatic carbocycles. The minimum absolute atomic E-state index is 0.228. The quantitative estimate of drug-likeness (QED) is 0.373. The molecule has 0 unspecified atom stereocenters. The summed E-state index contributed by atoms with van der Waals surface area (Å²) in [5.74, 6) is -3.77. The Balaban J connectivity index is 1.53. The summed E-state index contributed by atoms with van der Waals surface area (Å²) in [6.45, 7) is -0.457. The molecule has 0 aromatic heterocycles. The van der Waals surface area contributed by atoms with Crippen LogP contribution in [0.2, 0.25) is 0 Å². The fourth-order valence-corrected chi connectivity index (χ4v) is 2.59. The molecule has 178 valence electrons. The molecular weight excluding hydrogens is 444 g/mol. The molecule has 0 aliphatic rings. The first kappa shape index (κ1) is 25.9. The number of hydrogen-bond donors (Lipinski definition) is 2. The van der Waals surface area contributed by atoms with Gasteiger partial charge in [0.15, 0.2) is 0 Å². The van der Waals surface area contributed by atoms with Crippen LogP contribution in [0.3, 0.4) is 0 Å². The van der Waals surface area contributed by atoms with Gasteiger partial charge in [-0.3, -0.25) is 39.4 Å². The zero-order valence-corrected chi connectivity index (χ0v) is 18.3. The van der Waals surface area contributed by atoms with Crippen molar-refractivity contribution in [2.75, 3.05) is 13.2 Å². The van der Waals surface area contributed by atoms with Gasteiger partial charge in [-0.25, -0.2) is 0 Å². The highest BCUT2D eigenvalue weighted by atomic mass is 16.6. The van der Waals surface area contributed by atoms with E-state index in [0.29, 0.717) is 11.1 Å². The maximum atomic E-state index is 11.8. The molecule has 0 fully saturated rings. The predicted molar refractivity (Wildman–Crippen MR) is 118 cm³/mol. The number of ether oxygens (including phenoxy) is 2. The third kappa shape index (κ3) is 9.86. The Morgan fingerprint density at radius 3 is 1.24 bits per heavy atom. The van der Waals surface area contributed by atoms with E-state index < -0.39 is 35.6 Å². The molecule has 2 aromatic rings.